The van der Waals surface area contributed by atoms with Crippen molar-refractivity contribution in [2.75, 3.05) is 26.7 Å². The van der Waals surface area contributed by atoms with Crippen LogP contribution in [0.1, 0.15) is 30.9 Å². The summed E-state index contributed by atoms with van der Waals surface area (Å²) >= 11 is 0. The first-order chi connectivity index (χ1) is 12.6. The van der Waals surface area contributed by atoms with Gasteiger partial charge in [0, 0.05) is 24.2 Å². The molecule has 3 rings (SSSR count). The van der Waals surface area contributed by atoms with Crippen molar-refractivity contribution in [2.24, 2.45) is 0 Å². The Balaban J connectivity index is 1.62. The lowest BCUT2D eigenvalue weighted by molar-refractivity contribution is -0.121. The Morgan fingerprint density at radius 1 is 1.38 bits per heavy atom. The highest BCUT2D eigenvalue weighted by atomic mass is 16.5. The number of benzene rings is 1. The highest BCUT2D eigenvalue weighted by molar-refractivity contribution is 5.78. The lowest BCUT2D eigenvalue weighted by atomic mass is 10.0. The van der Waals surface area contributed by atoms with Crippen molar-refractivity contribution in [1.29, 1.82) is 0 Å². The zero-order valence-corrected chi connectivity index (χ0v) is 15.9. The number of amides is 1. The quantitative estimate of drug-likeness (QED) is 0.790. The Bertz CT molecular complexity index is 769. The van der Waals surface area contributed by atoms with Gasteiger partial charge in [-0.05, 0) is 39.1 Å². The molecule has 140 valence electrons. The molecule has 26 heavy (non-hydrogen) atoms. The Morgan fingerprint density at radius 2 is 2.23 bits per heavy atom. The third-order valence-corrected chi connectivity index (χ3v) is 4.69. The van der Waals surface area contributed by atoms with Crippen molar-refractivity contribution >= 4 is 5.91 Å². The third kappa shape index (κ3) is 4.25. The monoisotopic (exact) mass is 356 g/mol. The highest BCUT2D eigenvalue weighted by Gasteiger charge is 2.23. The fraction of sp³-hybridized carbons (Fsp3) is 0.500. The van der Waals surface area contributed by atoms with Crippen molar-refractivity contribution in [1.82, 2.24) is 20.0 Å². The number of carbonyl (C=O) groups is 1. The minimum absolute atomic E-state index is 0.0134. The number of ether oxygens (including phenoxy) is 1. The molecule has 0 spiro atoms. The minimum atomic E-state index is -0.0134. The second-order valence-electron chi connectivity index (χ2n) is 6.97. The molecular weight excluding hydrogens is 328 g/mol. The molecule has 2 heterocycles. The van der Waals surface area contributed by atoms with Crippen LogP contribution in [0.5, 0.6) is 5.75 Å². The van der Waals surface area contributed by atoms with Gasteiger partial charge in [0.15, 0.2) is 0 Å². The van der Waals surface area contributed by atoms with E-state index in [2.05, 4.69) is 42.3 Å². The topological polar surface area (TPSA) is 59.4 Å². The average molecular weight is 356 g/mol. The van der Waals surface area contributed by atoms with Gasteiger partial charge in [0.1, 0.15) is 18.9 Å². The molecule has 0 fully saturated rings. The summed E-state index contributed by atoms with van der Waals surface area (Å²) < 4.78 is 7.57. The lowest BCUT2D eigenvalue weighted by Crippen LogP contribution is -2.35. The van der Waals surface area contributed by atoms with Crippen LogP contribution in [0.4, 0.5) is 0 Å². The summed E-state index contributed by atoms with van der Waals surface area (Å²) in [5.41, 5.74) is 4.18. The predicted molar refractivity (Wildman–Crippen MR) is 102 cm³/mol. The maximum absolute atomic E-state index is 12.3. The van der Waals surface area contributed by atoms with E-state index < -0.39 is 0 Å². The van der Waals surface area contributed by atoms with Crippen molar-refractivity contribution in [3.8, 4) is 17.0 Å². The second-order valence-corrected chi connectivity index (χ2v) is 6.97. The van der Waals surface area contributed by atoms with E-state index in [4.69, 9.17) is 4.74 Å². The molecule has 6 heteroatoms. The molecule has 0 aliphatic carbocycles. The van der Waals surface area contributed by atoms with Crippen molar-refractivity contribution in [3.05, 3.63) is 35.5 Å². The van der Waals surface area contributed by atoms with Crippen molar-refractivity contribution in [3.63, 3.8) is 0 Å². The molecule has 2 aromatic rings. The van der Waals surface area contributed by atoms with E-state index in [0.717, 1.165) is 41.2 Å². The van der Waals surface area contributed by atoms with Gasteiger partial charge >= 0.3 is 0 Å². The number of unbranched alkanes of at least 4 members (excludes halogenated alkanes) is 1. The normalized spacial score (nSPS) is 12.5. The molecule has 0 radical (unpaired) electrons. The summed E-state index contributed by atoms with van der Waals surface area (Å²) in [6, 6.07) is 6.11. The minimum Gasteiger partial charge on any atom is -0.488 e. The molecule has 1 aliphatic rings. The van der Waals surface area contributed by atoms with E-state index in [0.29, 0.717) is 13.2 Å². The smallest absolute Gasteiger partial charge is 0.241 e. The number of carbonyl (C=O) groups excluding carboxylic acids is 1. The standard InChI is InChI=1S/C20H28N4O2/c1-4-5-9-23(3)10-8-21-19(25)13-24-20-16(12-22-24)14-26-18-7-6-15(2)11-17(18)20/h6-7,11-12H,4-5,8-10,13-14H2,1-3H3,(H,21,25). The molecule has 1 amide bonds. The van der Waals surface area contributed by atoms with Crippen molar-refractivity contribution in [2.45, 2.75) is 39.8 Å². The number of aromatic nitrogens is 2. The van der Waals surface area contributed by atoms with Gasteiger partial charge in [-0.25, -0.2) is 0 Å². The summed E-state index contributed by atoms with van der Waals surface area (Å²) in [4.78, 5) is 14.6. The summed E-state index contributed by atoms with van der Waals surface area (Å²) in [6.45, 7) is 7.54. The first kappa shape index (κ1) is 18.5. The van der Waals surface area contributed by atoms with E-state index in [-0.39, 0.29) is 12.5 Å². The molecule has 0 saturated carbocycles. The van der Waals surface area contributed by atoms with Gasteiger partial charge in [0.05, 0.1) is 11.9 Å². The molecular formula is C20H28N4O2. The Labute approximate surface area is 155 Å². The van der Waals surface area contributed by atoms with Gasteiger partial charge in [0.2, 0.25) is 5.91 Å². The van der Waals surface area contributed by atoms with Gasteiger partial charge in [-0.2, -0.15) is 5.10 Å². The van der Waals surface area contributed by atoms with Crippen LogP contribution in [0.2, 0.25) is 0 Å². The first-order valence-corrected chi connectivity index (χ1v) is 9.32. The fourth-order valence-electron chi connectivity index (χ4n) is 3.19. The van der Waals surface area contributed by atoms with Crippen LogP contribution < -0.4 is 10.1 Å². The summed E-state index contributed by atoms with van der Waals surface area (Å²) in [5, 5.41) is 7.41. The van der Waals surface area contributed by atoms with Crippen LogP contribution >= 0.6 is 0 Å². The van der Waals surface area contributed by atoms with Crippen LogP contribution in [0, 0.1) is 6.92 Å². The van der Waals surface area contributed by atoms with Crippen LogP contribution in [0.25, 0.3) is 11.3 Å². The van der Waals surface area contributed by atoms with Gasteiger partial charge in [-0.15, -0.1) is 0 Å². The van der Waals surface area contributed by atoms with E-state index in [9.17, 15) is 4.79 Å². The summed E-state index contributed by atoms with van der Waals surface area (Å²) in [7, 11) is 2.09. The van der Waals surface area contributed by atoms with Gasteiger partial charge in [-0.3, -0.25) is 9.48 Å². The molecule has 0 unspecified atom stereocenters. The summed E-state index contributed by atoms with van der Waals surface area (Å²) in [5.74, 6) is 0.836. The van der Waals surface area contributed by atoms with E-state index in [1.165, 1.54) is 12.8 Å². The number of hydrogen-bond acceptors (Lipinski definition) is 4. The summed E-state index contributed by atoms with van der Waals surface area (Å²) in [6.07, 6.45) is 4.17. The highest BCUT2D eigenvalue weighted by Crippen LogP contribution is 2.37. The number of nitrogens with zero attached hydrogens (tertiary/aromatic N) is 3. The van der Waals surface area contributed by atoms with Gasteiger partial charge in [-0.1, -0.05) is 25.0 Å². The molecule has 0 bridgehead atoms. The molecule has 0 atom stereocenters. The molecule has 1 aromatic carbocycles. The predicted octanol–water partition coefficient (Wildman–Crippen LogP) is 2.60. The SMILES string of the molecule is CCCCN(C)CCNC(=O)Cn1ncc2c1-c1cc(C)ccc1OC2. The number of likely N-dealkylation sites (N-methyl/N-ethyl adjacent to an activating group) is 1. The largest absolute Gasteiger partial charge is 0.488 e. The number of hydrogen-bond donors (Lipinski definition) is 1. The number of nitrogens with one attached hydrogen (secondary N) is 1. The number of fused-ring (bicyclic) bond motifs is 3. The Morgan fingerprint density at radius 3 is 3.04 bits per heavy atom. The maximum Gasteiger partial charge on any atom is 0.241 e. The molecule has 1 aromatic heterocycles. The lowest BCUT2D eigenvalue weighted by Gasteiger charge is -2.20. The van der Waals surface area contributed by atoms with E-state index >= 15 is 0 Å². The maximum atomic E-state index is 12.3. The molecule has 6 nitrogen and oxygen atoms in total. The molecule has 1 aliphatic heterocycles. The van der Waals surface area contributed by atoms with E-state index in [1.54, 1.807) is 10.9 Å². The zero-order chi connectivity index (χ0) is 18.5. The van der Waals surface area contributed by atoms with Gasteiger partial charge < -0.3 is 15.0 Å². The second kappa shape index (κ2) is 8.36. The number of rotatable bonds is 8. The van der Waals surface area contributed by atoms with E-state index in [1.807, 2.05) is 12.1 Å². The fourth-order valence-corrected chi connectivity index (χ4v) is 3.19. The van der Waals surface area contributed by atoms with Crippen LogP contribution in [0.15, 0.2) is 24.4 Å². The van der Waals surface area contributed by atoms with Gasteiger partial charge in [0.25, 0.3) is 0 Å². The third-order valence-electron chi connectivity index (χ3n) is 4.69. The van der Waals surface area contributed by atoms with Crippen molar-refractivity contribution < 1.29 is 9.53 Å². The average Bonchev–Trinajstić information content (AvgIpc) is 3.03. The number of aryl methyl sites for hydroxylation is 1. The first-order valence-electron chi connectivity index (χ1n) is 9.32. The van der Waals surface area contributed by atoms with Crippen LogP contribution in [0.3, 0.4) is 0 Å². The Kier molecular flexibility index (Phi) is 5.93. The van der Waals surface area contributed by atoms with Crippen LogP contribution in [-0.4, -0.2) is 47.3 Å². The molecule has 0 saturated heterocycles. The van der Waals surface area contributed by atoms with Crippen LogP contribution in [-0.2, 0) is 17.9 Å². The molecule has 1 N–H and O–H groups in total. The Hall–Kier alpha value is -2.34. The zero-order valence-electron chi connectivity index (χ0n) is 15.9.